The fourth-order valence-corrected chi connectivity index (χ4v) is 5.44. The molecule has 1 heterocycles. The van der Waals surface area contributed by atoms with Gasteiger partial charge in [0, 0.05) is 12.6 Å². The molecule has 1 fully saturated rings. The average Bonchev–Trinajstić information content (AvgIpc) is 3.08. The Bertz CT molecular complexity index is 904. The van der Waals surface area contributed by atoms with Crippen molar-refractivity contribution in [2.24, 2.45) is 0 Å². The van der Waals surface area contributed by atoms with Gasteiger partial charge in [-0.3, -0.25) is 9.59 Å². The van der Waals surface area contributed by atoms with E-state index in [9.17, 15) is 18.0 Å². The van der Waals surface area contributed by atoms with Gasteiger partial charge in [0.1, 0.15) is 5.92 Å². The number of nitrogens with zero attached hydrogens (tertiary/aromatic N) is 1. The lowest BCUT2D eigenvalue weighted by Gasteiger charge is -2.27. The molecule has 0 spiro atoms. The minimum atomic E-state index is -3.10. The molecule has 6 nitrogen and oxygen atoms in total. The maximum atomic E-state index is 12.9. The summed E-state index contributed by atoms with van der Waals surface area (Å²) in [5, 5.41) is 0. The number of benzene rings is 2. The summed E-state index contributed by atoms with van der Waals surface area (Å²) in [5.41, 5.74) is 1.57. The zero-order valence-corrected chi connectivity index (χ0v) is 17.2. The maximum Gasteiger partial charge on any atom is 0.318 e. The van der Waals surface area contributed by atoms with Crippen molar-refractivity contribution < 1.29 is 22.7 Å². The van der Waals surface area contributed by atoms with E-state index in [0.29, 0.717) is 13.0 Å². The molecule has 0 saturated carbocycles. The van der Waals surface area contributed by atoms with Gasteiger partial charge in [0.15, 0.2) is 16.4 Å². The predicted molar refractivity (Wildman–Crippen MR) is 110 cm³/mol. The molecule has 0 radical (unpaired) electrons. The number of sulfone groups is 1. The summed E-state index contributed by atoms with van der Waals surface area (Å²) in [6.45, 7) is 1.76. The number of carbonyl (C=O) groups is 2. The lowest BCUT2D eigenvalue weighted by molar-refractivity contribution is -0.153. The Morgan fingerprint density at radius 3 is 2.03 bits per heavy atom. The smallest absolute Gasteiger partial charge is 0.318 e. The highest BCUT2D eigenvalue weighted by Gasteiger charge is 2.34. The second-order valence-electron chi connectivity index (χ2n) is 7.10. The number of amides is 1. The van der Waals surface area contributed by atoms with Crippen LogP contribution in [-0.2, 0) is 24.2 Å². The van der Waals surface area contributed by atoms with Crippen LogP contribution in [0.3, 0.4) is 0 Å². The third-order valence-electron chi connectivity index (χ3n) is 5.15. The van der Waals surface area contributed by atoms with E-state index in [1.165, 1.54) is 4.90 Å². The van der Waals surface area contributed by atoms with Crippen LogP contribution in [0.25, 0.3) is 0 Å². The molecule has 0 bridgehead atoms. The Kier molecular flexibility index (Phi) is 6.69. The number of likely N-dealkylation sites (N-methyl/N-ethyl adjacent to an activating group) is 1. The van der Waals surface area contributed by atoms with Crippen LogP contribution in [-0.4, -0.2) is 55.9 Å². The normalized spacial score (nSPS) is 17.8. The van der Waals surface area contributed by atoms with Crippen molar-refractivity contribution in [3.05, 3.63) is 71.8 Å². The number of carbonyl (C=O) groups excluding carboxylic acids is 2. The van der Waals surface area contributed by atoms with E-state index >= 15 is 0 Å². The zero-order chi connectivity index (χ0) is 20.9. The van der Waals surface area contributed by atoms with Crippen molar-refractivity contribution in [1.29, 1.82) is 0 Å². The monoisotopic (exact) mass is 415 g/mol. The zero-order valence-electron chi connectivity index (χ0n) is 16.4. The molecule has 7 heteroatoms. The third-order valence-corrected chi connectivity index (χ3v) is 6.90. The van der Waals surface area contributed by atoms with Crippen LogP contribution in [0.2, 0.25) is 0 Å². The number of ether oxygens (including phenoxy) is 1. The Morgan fingerprint density at radius 2 is 1.59 bits per heavy atom. The highest BCUT2D eigenvalue weighted by Crippen LogP contribution is 2.26. The summed E-state index contributed by atoms with van der Waals surface area (Å²) in [6, 6.07) is 18.2. The summed E-state index contributed by atoms with van der Waals surface area (Å²) in [7, 11) is -3.10. The number of esters is 1. The molecule has 1 atom stereocenters. The van der Waals surface area contributed by atoms with Crippen LogP contribution in [0, 0.1) is 0 Å². The quantitative estimate of drug-likeness (QED) is 0.649. The Hall–Kier alpha value is -2.67. The Balaban J connectivity index is 1.70. The van der Waals surface area contributed by atoms with Gasteiger partial charge in [0.05, 0.1) is 11.5 Å². The van der Waals surface area contributed by atoms with E-state index in [-0.39, 0.29) is 23.5 Å². The molecule has 3 rings (SSSR count). The second kappa shape index (κ2) is 9.22. The molecule has 1 amide bonds. The maximum absolute atomic E-state index is 12.9. The van der Waals surface area contributed by atoms with Crippen molar-refractivity contribution >= 4 is 21.7 Å². The van der Waals surface area contributed by atoms with Crippen LogP contribution in [0.5, 0.6) is 0 Å². The highest BCUT2D eigenvalue weighted by atomic mass is 32.2. The molecule has 2 aromatic carbocycles. The van der Waals surface area contributed by atoms with Crippen LogP contribution < -0.4 is 0 Å². The lowest BCUT2D eigenvalue weighted by atomic mass is 9.91. The van der Waals surface area contributed by atoms with Crippen molar-refractivity contribution in [3.8, 4) is 0 Å². The molecule has 1 saturated heterocycles. The number of hydrogen-bond donors (Lipinski definition) is 0. The SMILES string of the molecule is CCN(C(=O)COC(=O)C(c1ccccc1)c1ccccc1)C1CCS(=O)(=O)C1. The van der Waals surface area contributed by atoms with Crippen LogP contribution in [0.15, 0.2) is 60.7 Å². The molecule has 0 N–H and O–H groups in total. The topological polar surface area (TPSA) is 80.8 Å². The van der Waals surface area contributed by atoms with E-state index in [2.05, 4.69) is 0 Å². The lowest BCUT2D eigenvalue weighted by Crippen LogP contribution is -2.43. The minimum Gasteiger partial charge on any atom is -0.455 e. The van der Waals surface area contributed by atoms with Gasteiger partial charge in [-0.25, -0.2) is 8.42 Å². The molecule has 154 valence electrons. The fraction of sp³-hybridized carbons (Fsp3) is 0.364. The van der Waals surface area contributed by atoms with Gasteiger partial charge >= 0.3 is 5.97 Å². The van der Waals surface area contributed by atoms with Gasteiger partial charge in [-0.1, -0.05) is 60.7 Å². The van der Waals surface area contributed by atoms with E-state index < -0.39 is 28.3 Å². The summed E-state index contributed by atoms with van der Waals surface area (Å²) >= 11 is 0. The van der Waals surface area contributed by atoms with Gasteiger partial charge in [-0.15, -0.1) is 0 Å². The van der Waals surface area contributed by atoms with Gasteiger partial charge in [0.25, 0.3) is 5.91 Å². The van der Waals surface area contributed by atoms with Crippen molar-refractivity contribution in [3.63, 3.8) is 0 Å². The predicted octanol–water partition coefficient (Wildman–Crippen LogP) is 2.40. The van der Waals surface area contributed by atoms with E-state index in [4.69, 9.17) is 4.74 Å². The van der Waals surface area contributed by atoms with Crippen molar-refractivity contribution in [1.82, 2.24) is 4.90 Å². The molecule has 1 aliphatic rings. The van der Waals surface area contributed by atoms with Gasteiger partial charge in [0.2, 0.25) is 0 Å². The first kappa shape index (κ1) is 21.0. The van der Waals surface area contributed by atoms with Gasteiger partial charge in [-0.05, 0) is 24.5 Å². The molecule has 29 heavy (non-hydrogen) atoms. The Morgan fingerprint density at radius 1 is 1.03 bits per heavy atom. The minimum absolute atomic E-state index is 0.0306. The van der Waals surface area contributed by atoms with Gasteiger partial charge < -0.3 is 9.64 Å². The van der Waals surface area contributed by atoms with E-state index in [1.807, 2.05) is 60.7 Å². The van der Waals surface area contributed by atoms with Crippen LogP contribution >= 0.6 is 0 Å². The molecule has 2 aromatic rings. The first-order valence-electron chi connectivity index (χ1n) is 9.67. The van der Waals surface area contributed by atoms with Gasteiger partial charge in [-0.2, -0.15) is 0 Å². The average molecular weight is 416 g/mol. The first-order chi connectivity index (χ1) is 13.9. The molecular formula is C22H25NO5S. The summed E-state index contributed by atoms with van der Waals surface area (Å²) < 4.78 is 28.8. The molecule has 1 unspecified atom stereocenters. The number of rotatable bonds is 7. The first-order valence-corrected chi connectivity index (χ1v) is 11.5. The standard InChI is InChI=1S/C22H25NO5S/c1-2-23(19-13-14-29(26,27)16-19)20(24)15-28-22(25)21(17-9-5-3-6-10-17)18-11-7-4-8-12-18/h3-12,19,21H,2,13-16H2,1H3. The largest absolute Gasteiger partial charge is 0.455 e. The summed E-state index contributed by atoms with van der Waals surface area (Å²) in [6.07, 6.45) is 0.423. The van der Waals surface area contributed by atoms with Crippen LogP contribution in [0.4, 0.5) is 0 Å². The van der Waals surface area contributed by atoms with Crippen molar-refractivity contribution in [2.45, 2.75) is 25.3 Å². The molecule has 1 aliphatic heterocycles. The third kappa shape index (κ3) is 5.23. The highest BCUT2D eigenvalue weighted by molar-refractivity contribution is 7.91. The molecule has 0 aromatic heterocycles. The Labute approximate surface area is 171 Å². The second-order valence-corrected chi connectivity index (χ2v) is 9.33. The molecule has 0 aliphatic carbocycles. The van der Waals surface area contributed by atoms with Crippen molar-refractivity contribution in [2.75, 3.05) is 24.7 Å². The van der Waals surface area contributed by atoms with E-state index in [1.54, 1.807) is 6.92 Å². The number of hydrogen-bond acceptors (Lipinski definition) is 5. The van der Waals surface area contributed by atoms with E-state index in [0.717, 1.165) is 11.1 Å². The summed E-state index contributed by atoms with van der Waals surface area (Å²) in [4.78, 5) is 27.0. The molecular weight excluding hydrogens is 390 g/mol. The van der Waals surface area contributed by atoms with Crippen LogP contribution in [0.1, 0.15) is 30.4 Å². The summed E-state index contributed by atoms with van der Waals surface area (Å²) in [5.74, 6) is -1.46. The fourth-order valence-electron chi connectivity index (χ4n) is 3.71.